The van der Waals surface area contributed by atoms with Crippen LogP contribution in [0, 0.1) is 0 Å². The van der Waals surface area contributed by atoms with Gasteiger partial charge in [-0.1, -0.05) is 4.99 Å². The van der Waals surface area contributed by atoms with Gasteiger partial charge in [0.05, 0.1) is 25.3 Å². The van der Waals surface area contributed by atoms with Crippen LogP contribution < -0.4 is 10.6 Å². The summed E-state index contributed by atoms with van der Waals surface area (Å²) in [5, 5.41) is 0. The predicted molar refractivity (Wildman–Crippen MR) is 110 cm³/mol. The molecule has 3 heterocycles. The number of nitrogens with zero attached hydrogens (tertiary/aromatic N) is 5. The molecule has 11 nitrogen and oxygen atoms in total. The van der Waals surface area contributed by atoms with Gasteiger partial charge in [-0.25, -0.2) is 19.1 Å². The number of hydrogen-bond donors (Lipinski definition) is 1. The molecule has 4 amide bonds. The SMILES string of the molecule is CCOC(=O)c1ccc(N2CCC[N+]3=C2N=C2C3C(=O)N(CC(N)=O)C(=O)N2C)cc1. The minimum Gasteiger partial charge on any atom is -0.462 e. The monoisotopic (exact) mass is 427 g/mol. The predicted octanol–water partition coefficient (Wildman–Crippen LogP) is -0.398. The number of nitrogens with two attached hydrogens (primary N) is 1. The molecule has 11 heteroatoms. The van der Waals surface area contributed by atoms with Gasteiger partial charge >= 0.3 is 18.0 Å². The molecule has 31 heavy (non-hydrogen) atoms. The quantitative estimate of drug-likeness (QED) is 0.503. The number of likely N-dealkylation sites (N-methyl/N-ethyl adjacent to an activating group) is 1. The number of rotatable bonds is 5. The summed E-state index contributed by atoms with van der Waals surface area (Å²) in [6.45, 7) is 2.80. The summed E-state index contributed by atoms with van der Waals surface area (Å²) >= 11 is 0. The molecule has 1 aromatic carbocycles. The number of fused-ring (bicyclic) bond motifs is 2. The van der Waals surface area contributed by atoms with Gasteiger partial charge in [-0.2, -0.15) is 0 Å². The molecule has 0 saturated carbocycles. The van der Waals surface area contributed by atoms with E-state index in [2.05, 4.69) is 4.99 Å². The molecule has 3 aliphatic rings. The normalized spacial score (nSPS) is 20.5. The van der Waals surface area contributed by atoms with Crippen molar-refractivity contribution in [3.63, 3.8) is 0 Å². The van der Waals surface area contributed by atoms with Crippen molar-refractivity contribution in [2.24, 2.45) is 10.7 Å². The van der Waals surface area contributed by atoms with Gasteiger partial charge in [0.2, 0.25) is 17.8 Å². The largest absolute Gasteiger partial charge is 0.462 e. The molecule has 2 N–H and O–H groups in total. The number of carbonyl (C=O) groups excluding carboxylic acids is 4. The van der Waals surface area contributed by atoms with E-state index in [0.717, 1.165) is 17.0 Å². The highest BCUT2D eigenvalue weighted by Gasteiger charge is 2.54. The van der Waals surface area contributed by atoms with E-state index >= 15 is 0 Å². The van der Waals surface area contributed by atoms with Crippen molar-refractivity contribution in [3.8, 4) is 0 Å². The summed E-state index contributed by atoms with van der Waals surface area (Å²) < 4.78 is 6.85. The highest BCUT2D eigenvalue weighted by molar-refractivity contribution is 6.24. The molecule has 0 spiro atoms. The first-order valence-corrected chi connectivity index (χ1v) is 9.97. The topological polar surface area (TPSA) is 129 Å². The molecular formula is C20H23N6O5+. The Kier molecular flexibility index (Phi) is 5.17. The maximum absolute atomic E-state index is 13.0. The Morgan fingerprint density at radius 2 is 1.97 bits per heavy atom. The number of primary amides is 1. The first-order valence-electron chi connectivity index (χ1n) is 9.97. The van der Waals surface area contributed by atoms with Crippen LogP contribution in [0.4, 0.5) is 10.5 Å². The highest BCUT2D eigenvalue weighted by atomic mass is 16.5. The molecule has 1 unspecified atom stereocenters. The lowest BCUT2D eigenvalue weighted by Gasteiger charge is -2.34. The van der Waals surface area contributed by atoms with Crippen LogP contribution >= 0.6 is 0 Å². The van der Waals surface area contributed by atoms with Gasteiger partial charge in [0, 0.05) is 13.5 Å². The van der Waals surface area contributed by atoms with Crippen LogP contribution in [0.2, 0.25) is 0 Å². The Morgan fingerprint density at radius 3 is 2.61 bits per heavy atom. The summed E-state index contributed by atoms with van der Waals surface area (Å²) in [6, 6.07) is 5.51. The number of anilines is 1. The number of carbonyl (C=O) groups is 4. The Hall–Kier alpha value is -3.76. The van der Waals surface area contributed by atoms with Gasteiger partial charge in [-0.05, 0) is 31.2 Å². The molecule has 162 valence electrons. The van der Waals surface area contributed by atoms with E-state index in [1.807, 2.05) is 9.48 Å². The van der Waals surface area contributed by atoms with E-state index in [0.29, 0.717) is 37.1 Å². The van der Waals surface area contributed by atoms with Gasteiger partial charge in [0.25, 0.3) is 5.91 Å². The second kappa shape index (κ2) is 7.82. The zero-order valence-electron chi connectivity index (χ0n) is 17.3. The number of esters is 1. The van der Waals surface area contributed by atoms with Crippen molar-refractivity contribution in [3.05, 3.63) is 29.8 Å². The fourth-order valence-corrected chi connectivity index (χ4v) is 3.99. The lowest BCUT2D eigenvalue weighted by atomic mass is 10.1. The molecule has 1 fully saturated rings. The van der Waals surface area contributed by atoms with Crippen LogP contribution in [0.1, 0.15) is 23.7 Å². The lowest BCUT2D eigenvalue weighted by Crippen LogP contribution is -2.64. The Bertz CT molecular complexity index is 1030. The molecule has 3 aliphatic heterocycles. The van der Waals surface area contributed by atoms with E-state index in [1.165, 1.54) is 11.9 Å². The van der Waals surface area contributed by atoms with Crippen molar-refractivity contribution in [1.82, 2.24) is 9.80 Å². The fourth-order valence-electron chi connectivity index (χ4n) is 3.99. The smallest absolute Gasteiger partial charge is 0.397 e. The van der Waals surface area contributed by atoms with Gasteiger partial charge in [-0.15, -0.1) is 0 Å². The van der Waals surface area contributed by atoms with E-state index in [1.54, 1.807) is 31.2 Å². The molecule has 0 aliphatic carbocycles. The number of urea groups is 1. The minimum atomic E-state index is -0.793. The first kappa shape index (κ1) is 20.5. The van der Waals surface area contributed by atoms with E-state index in [4.69, 9.17) is 10.5 Å². The summed E-state index contributed by atoms with van der Waals surface area (Å²) in [5.41, 5.74) is 6.46. The number of imide groups is 1. The summed E-state index contributed by atoms with van der Waals surface area (Å²) in [5.74, 6) is -0.811. The van der Waals surface area contributed by atoms with Gasteiger partial charge in [0.1, 0.15) is 12.2 Å². The van der Waals surface area contributed by atoms with Crippen molar-refractivity contribution in [2.75, 3.05) is 38.2 Å². The lowest BCUT2D eigenvalue weighted by molar-refractivity contribution is -0.539. The molecule has 4 rings (SSSR count). The Balaban J connectivity index is 1.67. The van der Waals surface area contributed by atoms with Crippen LogP contribution in [-0.4, -0.2) is 89.3 Å². The standard InChI is InChI=1S/C20H22N6O5/c1-3-31-18(29)12-5-7-13(8-6-12)24-9-4-10-25-15-16(22-19(24)25)23(2)20(30)26(17(15)28)11-14(21)27/h5-8,15H,3-4,9-11H2,1-2H3,(H-,21,27)/p+1. The van der Waals surface area contributed by atoms with Gasteiger partial charge < -0.3 is 10.5 Å². The maximum Gasteiger partial charge on any atom is 0.397 e. The average molecular weight is 427 g/mol. The van der Waals surface area contributed by atoms with Crippen molar-refractivity contribution in [2.45, 2.75) is 19.4 Å². The van der Waals surface area contributed by atoms with Gasteiger partial charge in [0.15, 0.2) is 0 Å². The number of benzene rings is 1. The van der Waals surface area contributed by atoms with Crippen molar-refractivity contribution in [1.29, 1.82) is 0 Å². The van der Waals surface area contributed by atoms with Crippen molar-refractivity contribution >= 4 is 41.3 Å². The zero-order chi connectivity index (χ0) is 22.3. The summed E-state index contributed by atoms with van der Waals surface area (Å²) in [4.78, 5) is 57.6. The van der Waals surface area contributed by atoms with Gasteiger partial charge in [-0.3, -0.25) is 19.4 Å². The second-order valence-corrected chi connectivity index (χ2v) is 7.37. The molecule has 0 bridgehead atoms. The summed E-state index contributed by atoms with van der Waals surface area (Å²) in [6.07, 6.45) is 0.753. The first-order chi connectivity index (χ1) is 14.8. The average Bonchev–Trinajstić information content (AvgIpc) is 3.15. The molecule has 0 aromatic heterocycles. The van der Waals surface area contributed by atoms with Crippen LogP contribution in [-0.2, 0) is 14.3 Å². The van der Waals surface area contributed by atoms with Crippen LogP contribution in [0.5, 0.6) is 0 Å². The number of amidine groups is 1. The van der Waals surface area contributed by atoms with Crippen LogP contribution in [0.3, 0.4) is 0 Å². The number of guanidine groups is 1. The van der Waals surface area contributed by atoms with Crippen LogP contribution in [0.25, 0.3) is 0 Å². The zero-order valence-corrected chi connectivity index (χ0v) is 17.3. The maximum atomic E-state index is 13.0. The molecule has 1 saturated heterocycles. The Morgan fingerprint density at radius 1 is 1.26 bits per heavy atom. The number of ether oxygens (including phenoxy) is 1. The minimum absolute atomic E-state index is 0.297. The molecule has 0 radical (unpaired) electrons. The molecule has 1 atom stereocenters. The third-order valence-electron chi connectivity index (χ3n) is 5.42. The second-order valence-electron chi connectivity index (χ2n) is 7.37. The number of aliphatic imine (C=N–C) groups is 1. The van der Waals surface area contributed by atoms with E-state index in [9.17, 15) is 19.2 Å². The molecule has 1 aromatic rings. The van der Waals surface area contributed by atoms with Crippen molar-refractivity contribution < 1.29 is 28.5 Å². The Labute approximate surface area is 178 Å². The highest BCUT2D eigenvalue weighted by Crippen LogP contribution is 2.26. The number of amides is 4. The molecular weight excluding hydrogens is 404 g/mol. The number of hydrogen-bond acceptors (Lipinski definition) is 7. The fraction of sp³-hybridized carbons (Fsp3) is 0.400. The third kappa shape index (κ3) is 3.41. The summed E-state index contributed by atoms with van der Waals surface area (Å²) in [7, 11) is 1.52. The third-order valence-corrected chi connectivity index (χ3v) is 5.42. The van der Waals surface area contributed by atoms with Crippen LogP contribution in [0.15, 0.2) is 29.3 Å². The van der Waals surface area contributed by atoms with E-state index in [-0.39, 0.29) is 0 Å². The van der Waals surface area contributed by atoms with E-state index < -0.39 is 36.4 Å².